The van der Waals surface area contributed by atoms with E-state index in [2.05, 4.69) is 19.1 Å². The first-order valence-corrected chi connectivity index (χ1v) is 8.41. The minimum atomic E-state index is 0. The van der Waals surface area contributed by atoms with Gasteiger partial charge in [0.25, 0.3) is 0 Å². The third-order valence-corrected chi connectivity index (χ3v) is 3.54. The average molecular weight is 305 g/mol. The third-order valence-electron chi connectivity index (χ3n) is 3.54. The Morgan fingerprint density at radius 2 is 1.15 bits per heavy atom. The van der Waals surface area contributed by atoms with Crippen molar-refractivity contribution in [2.24, 2.45) is 0 Å². The van der Waals surface area contributed by atoms with E-state index in [1.165, 1.54) is 77.0 Å². The number of carbonyl (C=O) groups excluding carboxylic acids is 1. The summed E-state index contributed by atoms with van der Waals surface area (Å²) >= 11 is 0. The van der Waals surface area contributed by atoms with Gasteiger partial charge in [0.2, 0.25) is 0 Å². The predicted molar refractivity (Wildman–Crippen MR) is 85.1 cm³/mol. The van der Waals surface area contributed by atoms with E-state index in [1.807, 2.05) is 6.29 Å². The molecule has 0 N–H and O–H groups in total. The zero-order valence-electron chi connectivity index (χ0n) is 14.0. The van der Waals surface area contributed by atoms with Crippen LogP contribution in [0, 0.1) is 0 Å². The van der Waals surface area contributed by atoms with Crippen molar-refractivity contribution in [2.75, 3.05) is 0 Å². The van der Waals surface area contributed by atoms with E-state index in [0.29, 0.717) is 6.42 Å². The van der Waals surface area contributed by atoms with Crippen LogP contribution >= 0.6 is 0 Å². The maximum atomic E-state index is 10.0. The van der Waals surface area contributed by atoms with Crippen molar-refractivity contribution in [3.8, 4) is 0 Å². The Kier molecular flexibility index (Phi) is 26.0. The fourth-order valence-corrected chi connectivity index (χ4v) is 2.27. The zero-order chi connectivity index (χ0) is 14.0. The van der Waals surface area contributed by atoms with Crippen LogP contribution in [0.2, 0.25) is 0 Å². The summed E-state index contributed by atoms with van der Waals surface area (Å²) in [5.41, 5.74) is 0. The summed E-state index contributed by atoms with van der Waals surface area (Å²) in [4.78, 5) is 10.0. The molecule has 2 heteroatoms. The van der Waals surface area contributed by atoms with Crippen molar-refractivity contribution in [3.05, 3.63) is 12.2 Å². The van der Waals surface area contributed by atoms with Crippen LogP contribution in [0.5, 0.6) is 0 Å². The molecule has 0 aliphatic heterocycles. The van der Waals surface area contributed by atoms with Crippen molar-refractivity contribution < 1.29 is 56.2 Å². The largest absolute Gasteiger partial charge is 1.00 e. The van der Waals surface area contributed by atoms with Crippen LogP contribution < -0.4 is 51.4 Å². The number of unbranched alkanes of at least 4 members (excludes halogenated alkanes) is 12. The maximum Gasteiger partial charge on any atom is 1.00 e. The SMILES string of the molecule is CCCCCCCC/C=C\CCCCCCC[C-]=O.[K+]. The second kappa shape index (κ2) is 22.3. The molecule has 0 bridgehead atoms. The van der Waals surface area contributed by atoms with E-state index in [0.717, 1.165) is 6.42 Å². The van der Waals surface area contributed by atoms with E-state index in [-0.39, 0.29) is 51.4 Å². The Balaban J connectivity index is 0. The monoisotopic (exact) mass is 304 g/mol. The normalized spacial score (nSPS) is 10.7. The van der Waals surface area contributed by atoms with Gasteiger partial charge < -0.3 is 4.79 Å². The van der Waals surface area contributed by atoms with E-state index in [1.54, 1.807) is 0 Å². The molecule has 0 fully saturated rings. The molecule has 112 valence electrons. The first kappa shape index (κ1) is 23.3. The van der Waals surface area contributed by atoms with Gasteiger partial charge in [0.1, 0.15) is 0 Å². The van der Waals surface area contributed by atoms with Crippen LogP contribution in [0.3, 0.4) is 0 Å². The summed E-state index contributed by atoms with van der Waals surface area (Å²) in [6, 6.07) is 0. The van der Waals surface area contributed by atoms with Gasteiger partial charge in [-0.3, -0.25) is 6.29 Å². The van der Waals surface area contributed by atoms with Gasteiger partial charge in [0.15, 0.2) is 0 Å². The van der Waals surface area contributed by atoms with Gasteiger partial charge in [-0.05, 0) is 25.7 Å². The van der Waals surface area contributed by atoms with Crippen molar-refractivity contribution >= 4 is 6.29 Å². The molecule has 0 spiro atoms. The topological polar surface area (TPSA) is 17.1 Å². The van der Waals surface area contributed by atoms with Gasteiger partial charge in [-0.2, -0.15) is 6.42 Å². The van der Waals surface area contributed by atoms with E-state index in [4.69, 9.17) is 0 Å². The first-order valence-electron chi connectivity index (χ1n) is 8.41. The van der Waals surface area contributed by atoms with Crippen LogP contribution in [-0.2, 0) is 4.79 Å². The van der Waals surface area contributed by atoms with Crippen LogP contribution in [-0.4, -0.2) is 6.29 Å². The number of allylic oxidation sites excluding steroid dienone is 2. The third kappa shape index (κ3) is 21.3. The van der Waals surface area contributed by atoms with Crippen molar-refractivity contribution in [2.45, 2.75) is 96.8 Å². The molecule has 0 aromatic heterocycles. The summed E-state index contributed by atoms with van der Waals surface area (Å²) in [6.07, 6.45) is 24.2. The van der Waals surface area contributed by atoms with Crippen LogP contribution in [0.15, 0.2) is 12.2 Å². The summed E-state index contributed by atoms with van der Waals surface area (Å²) < 4.78 is 0. The predicted octanol–water partition coefficient (Wildman–Crippen LogP) is 3.14. The fourth-order valence-electron chi connectivity index (χ4n) is 2.27. The molecule has 20 heavy (non-hydrogen) atoms. The number of hydrogen-bond acceptors (Lipinski definition) is 1. The van der Waals surface area contributed by atoms with Crippen LogP contribution in [0.1, 0.15) is 96.8 Å². The van der Waals surface area contributed by atoms with Gasteiger partial charge in [0.05, 0.1) is 0 Å². The summed E-state index contributed by atoms with van der Waals surface area (Å²) in [6.45, 7) is 2.27. The molecular weight excluding hydrogens is 271 g/mol. The minimum absolute atomic E-state index is 0. The molecule has 0 saturated heterocycles. The van der Waals surface area contributed by atoms with Gasteiger partial charge in [0, 0.05) is 0 Å². The van der Waals surface area contributed by atoms with Crippen molar-refractivity contribution in [1.82, 2.24) is 0 Å². The molecule has 0 aliphatic carbocycles. The van der Waals surface area contributed by atoms with Gasteiger partial charge in [-0.25, -0.2) is 0 Å². The zero-order valence-corrected chi connectivity index (χ0v) is 17.1. The Morgan fingerprint density at radius 3 is 1.65 bits per heavy atom. The number of rotatable bonds is 15. The first-order chi connectivity index (χ1) is 9.41. The Hall–Kier alpha value is 1.05. The second-order valence-electron chi connectivity index (χ2n) is 5.48. The molecule has 0 aromatic carbocycles. The Labute approximate surface area is 169 Å². The molecule has 1 nitrogen and oxygen atoms in total. The van der Waals surface area contributed by atoms with Gasteiger partial charge in [-0.1, -0.05) is 76.9 Å². The minimum Gasteiger partial charge on any atom is -0.542 e. The quantitative estimate of drug-likeness (QED) is 0.197. The van der Waals surface area contributed by atoms with E-state index in [9.17, 15) is 4.79 Å². The summed E-state index contributed by atoms with van der Waals surface area (Å²) in [5, 5.41) is 0. The average Bonchev–Trinajstić information content (AvgIpc) is 2.43. The molecule has 0 amide bonds. The van der Waals surface area contributed by atoms with Crippen molar-refractivity contribution in [3.63, 3.8) is 0 Å². The Morgan fingerprint density at radius 1 is 0.700 bits per heavy atom. The molecule has 0 aromatic rings. The maximum absolute atomic E-state index is 10.0. The standard InChI is InChI=1S/C18H33O.K/c1-2-3-4-5-6-7-8-9-10-11-12-13-14-15-16-17-18-19;/h9-10H,2-8,11-17H2,1H3;/q-1;+1/b10-9-;. The molecule has 0 heterocycles. The second-order valence-corrected chi connectivity index (χ2v) is 5.48. The molecule has 0 aliphatic rings. The van der Waals surface area contributed by atoms with Gasteiger partial charge >= 0.3 is 51.4 Å². The van der Waals surface area contributed by atoms with E-state index >= 15 is 0 Å². The molecule has 0 radical (unpaired) electrons. The fraction of sp³-hybridized carbons (Fsp3) is 0.833. The van der Waals surface area contributed by atoms with Crippen LogP contribution in [0.25, 0.3) is 0 Å². The molecular formula is C18H33KO. The van der Waals surface area contributed by atoms with E-state index < -0.39 is 0 Å². The summed E-state index contributed by atoms with van der Waals surface area (Å²) in [5.74, 6) is 0. The van der Waals surface area contributed by atoms with Gasteiger partial charge in [-0.15, -0.1) is 0 Å². The number of hydrogen-bond donors (Lipinski definition) is 0. The molecule has 0 rings (SSSR count). The molecule has 0 atom stereocenters. The molecule has 0 saturated carbocycles. The summed E-state index contributed by atoms with van der Waals surface area (Å²) in [7, 11) is 0. The smallest absolute Gasteiger partial charge is 0.542 e. The van der Waals surface area contributed by atoms with Crippen LogP contribution in [0.4, 0.5) is 0 Å². The molecule has 0 unspecified atom stereocenters. The Bertz CT molecular complexity index is 202. The van der Waals surface area contributed by atoms with Crippen molar-refractivity contribution in [1.29, 1.82) is 0 Å².